The second kappa shape index (κ2) is 4.34. The number of nitro groups is 1. The van der Waals surface area contributed by atoms with Gasteiger partial charge in [-0.25, -0.2) is 4.39 Å². The van der Waals surface area contributed by atoms with Crippen LogP contribution in [0, 0.1) is 10.1 Å². The van der Waals surface area contributed by atoms with Crippen molar-refractivity contribution in [2.24, 2.45) is 5.73 Å². The minimum Gasteiger partial charge on any atom is -0.322 e. The first-order valence-electron chi connectivity index (χ1n) is 3.81. The topological polar surface area (TPSA) is 69.2 Å². The Morgan fingerprint density at radius 2 is 2.29 bits per heavy atom. The highest BCUT2D eigenvalue weighted by Gasteiger charge is 2.14. The van der Waals surface area contributed by atoms with Crippen LogP contribution in [0.4, 0.5) is 10.1 Å². The highest BCUT2D eigenvalue weighted by Crippen LogP contribution is 2.26. The third-order valence-electron chi connectivity index (χ3n) is 1.76. The van der Waals surface area contributed by atoms with Gasteiger partial charge in [0.1, 0.15) is 6.67 Å². The molecule has 0 unspecified atom stereocenters. The normalized spacial score (nSPS) is 12.5. The van der Waals surface area contributed by atoms with Crippen LogP contribution in [0.5, 0.6) is 0 Å². The molecule has 0 aliphatic heterocycles. The van der Waals surface area contributed by atoms with Crippen LogP contribution < -0.4 is 5.73 Å². The molecule has 2 N–H and O–H groups in total. The minimum absolute atomic E-state index is 0.145. The van der Waals surface area contributed by atoms with Gasteiger partial charge in [0.05, 0.1) is 11.0 Å². The summed E-state index contributed by atoms with van der Waals surface area (Å²) in [5.74, 6) is 0. The van der Waals surface area contributed by atoms with Gasteiger partial charge < -0.3 is 5.73 Å². The van der Waals surface area contributed by atoms with Gasteiger partial charge in [0.25, 0.3) is 5.69 Å². The van der Waals surface area contributed by atoms with Crippen molar-refractivity contribution in [3.63, 3.8) is 0 Å². The number of halogens is 2. The van der Waals surface area contributed by atoms with Gasteiger partial charge in [-0.1, -0.05) is 11.6 Å². The summed E-state index contributed by atoms with van der Waals surface area (Å²) >= 11 is 5.71. The zero-order chi connectivity index (χ0) is 10.7. The number of alkyl halides is 1. The van der Waals surface area contributed by atoms with Gasteiger partial charge >= 0.3 is 0 Å². The summed E-state index contributed by atoms with van der Waals surface area (Å²) in [6.07, 6.45) is 0. The van der Waals surface area contributed by atoms with E-state index in [0.717, 1.165) is 0 Å². The molecule has 76 valence electrons. The number of nitro benzene ring substituents is 1. The molecule has 1 aromatic carbocycles. The maximum Gasteiger partial charge on any atom is 0.269 e. The Balaban J connectivity index is 3.14. The van der Waals surface area contributed by atoms with E-state index in [4.69, 9.17) is 17.3 Å². The molecule has 0 aliphatic carbocycles. The van der Waals surface area contributed by atoms with Crippen molar-refractivity contribution in [2.75, 3.05) is 6.67 Å². The first kappa shape index (κ1) is 10.9. The highest BCUT2D eigenvalue weighted by atomic mass is 35.5. The zero-order valence-electron chi connectivity index (χ0n) is 7.11. The van der Waals surface area contributed by atoms with Crippen molar-refractivity contribution >= 4 is 17.3 Å². The molecule has 0 saturated heterocycles. The molecule has 0 radical (unpaired) electrons. The SMILES string of the molecule is N[C@@H](CF)c1cc([N+](=O)[O-])ccc1Cl. The van der Waals surface area contributed by atoms with Crippen LogP contribution in [0.1, 0.15) is 11.6 Å². The Morgan fingerprint density at radius 1 is 1.64 bits per heavy atom. The van der Waals surface area contributed by atoms with E-state index in [2.05, 4.69) is 0 Å². The molecule has 0 spiro atoms. The molecule has 0 aromatic heterocycles. The molecule has 0 heterocycles. The number of nitrogens with zero attached hydrogens (tertiary/aromatic N) is 1. The Bertz CT molecular complexity index is 359. The van der Waals surface area contributed by atoms with Crippen molar-refractivity contribution in [1.82, 2.24) is 0 Å². The van der Waals surface area contributed by atoms with Crippen LogP contribution in [0.3, 0.4) is 0 Å². The van der Waals surface area contributed by atoms with Crippen LogP contribution in [0.25, 0.3) is 0 Å². The summed E-state index contributed by atoms with van der Waals surface area (Å²) < 4.78 is 12.2. The lowest BCUT2D eigenvalue weighted by molar-refractivity contribution is -0.384. The van der Waals surface area contributed by atoms with Gasteiger partial charge in [0, 0.05) is 17.2 Å². The van der Waals surface area contributed by atoms with Crippen molar-refractivity contribution in [1.29, 1.82) is 0 Å². The van der Waals surface area contributed by atoms with E-state index in [0.29, 0.717) is 0 Å². The summed E-state index contributed by atoms with van der Waals surface area (Å²) in [7, 11) is 0. The van der Waals surface area contributed by atoms with Crippen LogP contribution in [-0.2, 0) is 0 Å². The van der Waals surface area contributed by atoms with Crippen molar-refractivity contribution in [3.05, 3.63) is 38.9 Å². The molecule has 0 fully saturated rings. The average Bonchev–Trinajstić information content (AvgIpc) is 2.17. The third kappa shape index (κ3) is 2.18. The van der Waals surface area contributed by atoms with Crippen LogP contribution >= 0.6 is 11.6 Å². The molecule has 1 atom stereocenters. The Hall–Kier alpha value is -1.20. The molecule has 0 bridgehead atoms. The van der Waals surface area contributed by atoms with E-state index in [1.54, 1.807) is 0 Å². The Kier molecular flexibility index (Phi) is 3.38. The third-order valence-corrected chi connectivity index (χ3v) is 2.10. The highest BCUT2D eigenvalue weighted by molar-refractivity contribution is 6.31. The second-order valence-electron chi connectivity index (χ2n) is 2.72. The number of hydrogen-bond acceptors (Lipinski definition) is 3. The quantitative estimate of drug-likeness (QED) is 0.625. The van der Waals surface area contributed by atoms with Crippen LogP contribution in [0.2, 0.25) is 5.02 Å². The van der Waals surface area contributed by atoms with Gasteiger partial charge in [-0.2, -0.15) is 0 Å². The smallest absolute Gasteiger partial charge is 0.269 e. The molecule has 14 heavy (non-hydrogen) atoms. The molecule has 1 aromatic rings. The van der Waals surface area contributed by atoms with Crippen molar-refractivity contribution in [3.8, 4) is 0 Å². The maximum atomic E-state index is 12.2. The van der Waals surface area contributed by atoms with Gasteiger partial charge in [-0.05, 0) is 11.6 Å². The lowest BCUT2D eigenvalue weighted by Crippen LogP contribution is -2.12. The summed E-state index contributed by atoms with van der Waals surface area (Å²) in [4.78, 5) is 9.82. The first-order valence-corrected chi connectivity index (χ1v) is 4.19. The second-order valence-corrected chi connectivity index (χ2v) is 3.13. The molecule has 0 saturated carbocycles. The van der Waals surface area contributed by atoms with Gasteiger partial charge in [0.2, 0.25) is 0 Å². The van der Waals surface area contributed by atoms with E-state index in [1.807, 2.05) is 0 Å². The predicted octanol–water partition coefficient (Wildman–Crippen LogP) is 2.22. The van der Waals surface area contributed by atoms with Crippen molar-refractivity contribution in [2.45, 2.75) is 6.04 Å². The van der Waals surface area contributed by atoms with Crippen LogP contribution in [-0.4, -0.2) is 11.6 Å². The molecule has 6 heteroatoms. The van der Waals surface area contributed by atoms with Crippen molar-refractivity contribution < 1.29 is 9.31 Å². The zero-order valence-corrected chi connectivity index (χ0v) is 7.87. The lowest BCUT2D eigenvalue weighted by atomic mass is 10.1. The number of non-ortho nitro benzene ring substituents is 1. The average molecular weight is 219 g/mol. The van der Waals surface area contributed by atoms with E-state index in [9.17, 15) is 14.5 Å². The standard InChI is InChI=1S/C8H8ClFN2O2/c9-7-2-1-5(12(13)14)3-6(7)8(11)4-10/h1-3,8H,4,11H2/t8-/m0/s1. The fourth-order valence-corrected chi connectivity index (χ4v) is 1.27. The Labute approximate surface area is 84.6 Å². The number of hydrogen-bond donors (Lipinski definition) is 1. The molecular formula is C8H8ClFN2O2. The predicted molar refractivity (Wildman–Crippen MR) is 51.0 cm³/mol. The van der Waals surface area contributed by atoms with Gasteiger partial charge in [-0.15, -0.1) is 0 Å². The largest absolute Gasteiger partial charge is 0.322 e. The molecular weight excluding hydrogens is 211 g/mol. The molecule has 4 nitrogen and oxygen atoms in total. The number of rotatable bonds is 3. The first-order chi connectivity index (χ1) is 6.56. The fraction of sp³-hybridized carbons (Fsp3) is 0.250. The van der Waals surface area contributed by atoms with Crippen LogP contribution in [0.15, 0.2) is 18.2 Å². The summed E-state index contributed by atoms with van der Waals surface area (Å²) in [5.41, 5.74) is 5.49. The van der Waals surface area contributed by atoms with Gasteiger partial charge in [-0.3, -0.25) is 10.1 Å². The number of nitrogens with two attached hydrogens (primary N) is 1. The lowest BCUT2D eigenvalue weighted by Gasteiger charge is -2.08. The van der Waals surface area contributed by atoms with E-state index < -0.39 is 17.6 Å². The minimum atomic E-state index is -0.914. The fourth-order valence-electron chi connectivity index (χ4n) is 1.01. The Morgan fingerprint density at radius 3 is 2.79 bits per heavy atom. The summed E-state index contributed by atoms with van der Waals surface area (Å²) in [6.45, 7) is -0.805. The molecule has 1 rings (SSSR count). The maximum absolute atomic E-state index is 12.2. The molecule has 0 amide bonds. The summed E-state index contributed by atoms with van der Waals surface area (Å²) in [5, 5.41) is 10.6. The molecule has 0 aliphatic rings. The monoisotopic (exact) mass is 218 g/mol. The van der Waals surface area contributed by atoms with Gasteiger partial charge in [0.15, 0.2) is 0 Å². The van der Waals surface area contributed by atoms with E-state index in [1.165, 1.54) is 18.2 Å². The van der Waals surface area contributed by atoms with E-state index in [-0.39, 0.29) is 16.3 Å². The number of benzene rings is 1. The summed E-state index contributed by atoms with van der Waals surface area (Å²) in [6, 6.07) is 2.86. The van der Waals surface area contributed by atoms with E-state index >= 15 is 0 Å².